The highest BCUT2D eigenvalue weighted by atomic mass is 35.5. The molecule has 1 aromatic heterocycles. The number of halogens is 1. The summed E-state index contributed by atoms with van der Waals surface area (Å²) in [7, 11) is 1.72. The number of phenolic OH excluding ortho intramolecular Hbond substituents is 1. The number of nitrogens with zero attached hydrogens (tertiary/aromatic N) is 2. The van der Waals surface area contributed by atoms with Crippen LogP contribution in [0.3, 0.4) is 0 Å². The van der Waals surface area contributed by atoms with Crippen LogP contribution in [0.15, 0.2) is 24.4 Å². The summed E-state index contributed by atoms with van der Waals surface area (Å²) in [6.45, 7) is 0.275. The van der Waals surface area contributed by atoms with E-state index in [-0.39, 0.29) is 23.2 Å². The molecule has 1 amide bonds. The number of carbonyl (C=O) groups excluding carboxylic acids is 1. The molecule has 19 heavy (non-hydrogen) atoms. The van der Waals surface area contributed by atoms with Crippen molar-refractivity contribution in [3.63, 3.8) is 0 Å². The lowest BCUT2D eigenvalue weighted by Crippen LogP contribution is -2.23. The number of hydrogen-bond acceptors (Lipinski definition) is 4. The fourth-order valence-corrected chi connectivity index (χ4v) is 1.73. The van der Waals surface area contributed by atoms with Gasteiger partial charge >= 0.3 is 0 Å². The number of hydrogen-bond donors (Lipinski definition) is 3. The standard InChI is InChI=1S/C12H13ClN4O2/c1-17-11(14)8(6-16-17)5-15-12(19)7-2-3-10(18)9(13)4-7/h2-4,6,18H,5,14H2,1H3,(H,15,19). The number of amides is 1. The second-order valence-electron chi connectivity index (χ2n) is 4.03. The highest BCUT2D eigenvalue weighted by Gasteiger charge is 2.10. The van der Waals surface area contributed by atoms with E-state index in [1.165, 1.54) is 22.9 Å². The zero-order chi connectivity index (χ0) is 14.0. The molecule has 2 aromatic rings. The van der Waals surface area contributed by atoms with Crippen molar-refractivity contribution in [3.8, 4) is 5.75 Å². The number of carbonyl (C=O) groups is 1. The number of aromatic nitrogens is 2. The van der Waals surface area contributed by atoms with E-state index in [1.807, 2.05) is 0 Å². The van der Waals surface area contributed by atoms with Crippen LogP contribution < -0.4 is 11.1 Å². The summed E-state index contributed by atoms with van der Waals surface area (Å²) < 4.78 is 1.53. The third-order valence-electron chi connectivity index (χ3n) is 2.71. The van der Waals surface area contributed by atoms with E-state index < -0.39 is 0 Å². The van der Waals surface area contributed by atoms with Crippen LogP contribution in [0.4, 0.5) is 5.82 Å². The SMILES string of the molecule is Cn1ncc(CNC(=O)c2ccc(O)c(Cl)c2)c1N. The fourth-order valence-electron chi connectivity index (χ4n) is 1.55. The maximum absolute atomic E-state index is 11.9. The molecule has 100 valence electrons. The summed E-state index contributed by atoms with van der Waals surface area (Å²) in [6.07, 6.45) is 1.60. The molecule has 7 heteroatoms. The number of benzene rings is 1. The minimum atomic E-state index is -0.301. The van der Waals surface area contributed by atoms with Crippen LogP contribution in [0.1, 0.15) is 15.9 Å². The Labute approximate surface area is 114 Å². The van der Waals surface area contributed by atoms with Gasteiger partial charge in [-0.05, 0) is 18.2 Å². The normalized spacial score (nSPS) is 10.4. The third kappa shape index (κ3) is 2.79. The minimum Gasteiger partial charge on any atom is -0.506 e. The first-order valence-corrected chi connectivity index (χ1v) is 5.90. The van der Waals surface area contributed by atoms with E-state index in [2.05, 4.69) is 10.4 Å². The maximum atomic E-state index is 11.9. The third-order valence-corrected chi connectivity index (χ3v) is 3.02. The highest BCUT2D eigenvalue weighted by Crippen LogP contribution is 2.23. The number of aromatic hydroxyl groups is 1. The van der Waals surface area contributed by atoms with Crippen molar-refractivity contribution in [3.05, 3.63) is 40.5 Å². The molecule has 6 nitrogen and oxygen atoms in total. The molecule has 0 spiro atoms. The molecule has 0 atom stereocenters. The molecule has 0 unspecified atom stereocenters. The summed E-state index contributed by atoms with van der Waals surface area (Å²) in [5.41, 5.74) is 6.87. The predicted octanol–water partition coefficient (Wildman–Crippen LogP) is 1.29. The van der Waals surface area contributed by atoms with E-state index in [4.69, 9.17) is 17.3 Å². The first kappa shape index (κ1) is 13.2. The van der Waals surface area contributed by atoms with Crippen molar-refractivity contribution in [1.29, 1.82) is 0 Å². The van der Waals surface area contributed by atoms with Gasteiger partial charge in [0.1, 0.15) is 11.6 Å². The van der Waals surface area contributed by atoms with Gasteiger partial charge in [-0.1, -0.05) is 11.6 Å². The molecule has 0 aliphatic heterocycles. The number of nitrogen functional groups attached to an aromatic ring is 1. The Hall–Kier alpha value is -2.21. The molecule has 0 fully saturated rings. The molecular formula is C12H13ClN4O2. The number of phenols is 1. The molecule has 1 heterocycles. The van der Waals surface area contributed by atoms with Gasteiger partial charge in [0.05, 0.1) is 11.2 Å². The first-order valence-electron chi connectivity index (χ1n) is 5.52. The lowest BCUT2D eigenvalue weighted by atomic mass is 10.2. The van der Waals surface area contributed by atoms with E-state index >= 15 is 0 Å². The Morgan fingerprint density at radius 3 is 2.89 bits per heavy atom. The smallest absolute Gasteiger partial charge is 0.251 e. The monoisotopic (exact) mass is 280 g/mol. The lowest BCUT2D eigenvalue weighted by molar-refractivity contribution is 0.0951. The van der Waals surface area contributed by atoms with Crippen LogP contribution in [0.5, 0.6) is 5.75 Å². The van der Waals surface area contributed by atoms with Crippen LogP contribution in [0.2, 0.25) is 5.02 Å². The van der Waals surface area contributed by atoms with Gasteiger partial charge in [-0.3, -0.25) is 9.48 Å². The summed E-state index contributed by atoms with van der Waals surface area (Å²) in [5.74, 6) is 0.143. The van der Waals surface area contributed by atoms with Crippen LogP contribution in [-0.4, -0.2) is 20.8 Å². The zero-order valence-electron chi connectivity index (χ0n) is 10.2. The van der Waals surface area contributed by atoms with Gasteiger partial charge in [0.25, 0.3) is 5.91 Å². The van der Waals surface area contributed by atoms with Crippen LogP contribution in [-0.2, 0) is 13.6 Å². The van der Waals surface area contributed by atoms with Gasteiger partial charge in [-0.25, -0.2) is 0 Å². The quantitative estimate of drug-likeness (QED) is 0.790. The Morgan fingerprint density at radius 1 is 1.58 bits per heavy atom. The molecule has 0 aliphatic carbocycles. The second kappa shape index (κ2) is 5.19. The van der Waals surface area contributed by atoms with Crippen molar-refractivity contribution in [1.82, 2.24) is 15.1 Å². The molecule has 1 aromatic carbocycles. The van der Waals surface area contributed by atoms with Gasteiger partial charge in [0.15, 0.2) is 0 Å². The van der Waals surface area contributed by atoms with Crippen molar-refractivity contribution in [2.75, 3.05) is 5.73 Å². The highest BCUT2D eigenvalue weighted by molar-refractivity contribution is 6.32. The molecular weight excluding hydrogens is 268 g/mol. The number of aryl methyl sites for hydroxylation is 1. The largest absolute Gasteiger partial charge is 0.506 e. The summed E-state index contributed by atoms with van der Waals surface area (Å²) in [5, 5.41) is 16.1. The van der Waals surface area contributed by atoms with Crippen LogP contribution in [0, 0.1) is 0 Å². The van der Waals surface area contributed by atoms with Gasteiger partial charge in [0, 0.05) is 24.7 Å². The van der Waals surface area contributed by atoms with E-state index in [9.17, 15) is 9.90 Å². The topological polar surface area (TPSA) is 93.2 Å². The van der Waals surface area contributed by atoms with E-state index in [0.29, 0.717) is 11.4 Å². The molecule has 0 bridgehead atoms. The van der Waals surface area contributed by atoms with Gasteiger partial charge in [-0.2, -0.15) is 5.10 Å². The summed E-state index contributed by atoms with van der Waals surface area (Å²) in [6, 6.07) is 4.26. The summed E-state index contributed by atoms with van der Waals surface area (Å²) in [4.78, 5) is 11.9. The number of anilines is 1. The van der Waals surface area contributed by atoms with Crippen molar-refractivity contribution < 1.29 is 9.90 Å². The molecule has 2 rings (SSSR count). The predicted molar refractivity (Wildman–Crippen MR) is 71.9 cm³/mol. The molecule has 0 saturated heterocycles. The Morgan fingerprint density at radius 2 is 2.32 bits per heavy atom. The molecule has 0 radical (unpaired) electrons. The van der Waals surface area contributed by atoms with Crippen molar-refractivity contribution >= 4 is 23.3 Å². The Kier molecular flexibility index (Phi) is 3.62. The first-order chi connectivity index (χ1) is 8.99. The zero-order valence-corrected chi connectivity index (χ0v) is 11.0. The van der Waals surface area contributed by atoms with E-state index in [1.54, 1.807) is 13.2 Å². The minimum absolute atomic E-state index is 0.0604. The lowest BCUT2D eigenvalue weighted by Gasteiger charge is -2.06. The average Bonchev–Trinajstić information content (AvgIpc) is 2.70. The summed E-state index contributed by atoms with van der Waals surface area (Å²) >= 11 is 5.74. The van der Waals surface area contributed by atoms with Crippen LogP contribution >= 0.6 is 11.6 Å². The van der Waals surface area contributed by atoms with Crippen molar-refractivity contribution in [2.24, 2.45) is 7.05 Å². The van der Waals surface area contributed by atoms with Gasteiger partial charge in [-0.15, -0.1) is 0 Å². The Bertz CT molecular complexity index is 624. The van der Waals surface area contributed by atoms with Gasteiger partial charge < -0.3 is 16.2 Å². The number of nitrogens with one attached hydrogen (secondary N) is 1. The second-order valence-corrected chi connectivity index (χ2v) is 4.43. The average molecular weight is 281 g/mol. The molecule has 0 saturated carbocycles. The van der Waals surface area contributed by atoms with E-state index in [0.717, 1.165) is 5.56 Å². The Balaban J connectivity index is 2.05. The number of nitrogens with two attached hydrogens (primary N) is 1. The molecule has 0 aliphatic rings. The fraction of sp³-hybridized carbons (Fsp3) is 0.167. The molecule has 4 N–H and O–H groups in total. The number of rotatable bonds is 3. The van der Waals surface area contributed by atoms with Crippen molar-refractivity contribution in [2.45, 2.75) is 6.54 Å². The van der Waals surface area contributed by atoms with Gasteiger partial charge in [0.2, 0.25) is 0 Å². The maximum Gasteiger partial charge on any atom is 0.251 e. The van der Waals surface area contributed by atoms with Crippen LogP contribution in [0.25, 0.3) is 0 Å².